The molecule has 0 fully saturated rings. The third-order valence-corrected chi connectivity index (χ3v) is 23.1. The van der Waals surface area contributed by atoms with Crippen molar-refractivity contribution in [3.8, 4) is 0 Å². The van der Waals surface area contributed by atoms with E-state index >= 15 is 0 Å². The third kappa shape index (κ3) is 12.7. The van der Waals surface area contributed by atoms with Crippen molar-refractivity contribution in [3.63, 3.8) is 0 Å². The minimum Gasteiger partial charge on any atom is -0.411 e. The Morgan fingerprint density at radius 1 is 0.709 bits per heavy atom. The van der Waals surface area contributed by atoms with Crippen LogP contribution in [-0.4, -0.2) is 75.5 Å². The minimum absolute atomic E-state index is 0.0691. The molecule has 0 N–H and O–H groups in total. The summed E-state index contributed by atoms with van der Waals surface area (Å²) < 4.78 is 52.6. The van der Waals surface area contributed by atoms with Crippen LogP contribution in [0.3, 0.4) is 0 Å². The number of benzene rings is 3. The second-order valence-corrected chi connectivity index (χ2v) is 34.1. The molecule has 0 aliphatic heterocycles. The highest BCUT2D eigenvalue weighted by atomic mass is 31.2. The van der Waals surface area contributed by atoms with Crippen LogP contribution in [0.2, 0.25) is 42.8 Å². The molecule has 0 aliphatic carbocycles. The minimum atomic E-state index is -3.63. The third-order valence-electron chi connectivity index (χ3n) is 10.6. The molecule has 0 aromatic heterocycles. The fraction of sp³-hybridized carbons (Fsp3) is 0.558. The molecule has 8 nitrogen and oxygen atoms in total. The predicted molar refractivity (Wildman–Crippen MR) is 234 cm³/mol. The molecule has 3 atom stereocenters. The summed E-state index contributed by atoms with van der Waals surface area (Å²) in [4.78, 5) is 14.0. The van der Waals surface area contributed by atoms with Crippen LogP contribution >= 0.6 is 7.60 Å². The molecule has 55 heavy (non-hydrogen) atoms. The first-order valence-electron chi connectivity index (χ1n) is 19.4. The topological polar surface area (TPSA) is 89.5 Å². The maximum absolute atomic E-state index is 14.0. The van der Waals surface area contributed by atoms with Gasteiger partial charge in [-0.1, -0.05) is 133 Å². The van der Waals surface area contributed by atoms with Gasteiger partial charge in [-0.15, -0.1) is 0 Å². The number of ether oxygens (including phenoxy) is 1. The Labute approximate surface area is 335 Å². The molecule has 0 aliphatic rings. The molecule has 0 saturated carbocycles. The zero-order valence-electron chi connectivity index (χ0n) is 36.1. The number of hydrogen-bond acceptors (Lipinski definition) is 8. The van der Waals surface area contributed by atoms with E-state index in [2.05, 4.69) is 123 Å². The lowest BCUT2D eigenvalue weighted by Crippen LogP contribution is -2.67. The van der Waals surface area contributed by atoms with Gasteiger partial charge in [0.05, 0.1) is 18.3 Å². The molecule has 3 aromatic rings. The number of rotatable bonds is 21. The van der Waals surface area contributed by atoms with E-state index in [1.54, 1.807) is 0 Å². The molecule has 306 valence electrons. The summed E-state index contributed by atoms with van der Waals surface area (Å²) in [6.45, 7) is 26.9. The zero-order chi connectivity index (χ0) is 41.3. The molecule has 0 bridgehead atoms. The molecule has 12 heteroatoms. The summed E-state index contributed by atoms with van der Waals surface area (Å²) in [5.41, 5.74) is -0.167. The van der Waals surface area contributed by atoms with Crippen molar-refractivity contribution in [3.05, 3.63) is 96.6 Å². The normalized spacial score (nSPS) is 15.7. The van der Waals surface area contributed by atoms with Gasteiger partial charge in [-0.25, -0.2) is 0 Å². The van der Waals surface area contributed by atoms with Gasteiger partial charge in [0.1, 0.15) is 18.0 Å². The molecule has 0 saturated heterocycles. The van der Waals surface area contributed by atoms with Crippen molar-refractivity contribution in [1.82, 2.24) is 0 Å². The van der Waals surface area contributed by atoms with Crippen LogP contribution in [0.1, 0.15) is 66.9 Å². The van der Waals surface area contributed by atoms with E-state index in [0.29, 0.717) is 13.0 Å². The molecule has 0 heterocycles. The summed E-state index contributed by atoms with van der Waals surface area (Å²) in [5.74, 6) is -0.296. The first kappa shape index (κ1) is 47.3. The first-order valence-corrected chi connectivity index (χ1v) is 29.4. The van der Waals surface area contributed by atoms with Crippen LogP contribution in [0, 0.1) is 0 Å². The van der Waals surface area contributed by atoms with E-state index in [4.69, 9.17) is 27.1 Å². The Balaban J connectivity index is 2.22. The largest absolute Gasteiger partial charge is 0.411 e. The molecular formula is C43H69O8PSi3. The average Bonchev–Trinajstić information content (AvgIpc) is 3.09. The van der Waals surface area contributed by atoms with Crippen molar-refractivity contribution in [2.45, 2.75) is 129 Å². The molecular weight excluding hydrogens is 760 g/mol. The van der Waals surface area contributed by atoms with Crippen molar-refractivity contribution >= 4 is 48.7 Å². The van der Waals surface area contributed by atoms with Gasteiger partial charge < -0.3 is 27.1 Å². The molecule has 3 rings (SSSR count). The van der Waals surface area contributed by atoms with Gasteiger partial charge in [0, 0.05) is 27.2 Å². The first-order chi connectivity index (χ1) is 25.4. The zero-order valence-corrected chi connectivity index (χ0v) is 40.0. The lowest BCUT2D eigenvalue weighted by Gasteiger charge is -2.48. The smallest absolute Gasteiger partial charge is 0.337 e. The summed E-state index contributed by atoms with van der Waals surface area (Å²) in [5, 5.41) is 2.06. The Morgan fingerprint density at radius 3 is 1.60 bits per heavy atom. The van der Waals surface area contributed by atoms with Crippen LogP contribution < -0.4 is 10.4 Å². The van der Waals surface area contributed by atoms with Crippen molar-refractivity contribution in [2.75, 3.05) is 27.0 Å². The fourth-order valence-corrected chi connectivity index (χ4v) is 15.6. The second-order valence-electron chi connectivity index (χ2n) is 18.3. The van der Waals surface area contributed by atoms with E-state index in [1.165, 1.54) is 24.6 Å². The van der Waals surface area contributed by atoms with E-state index in [1.807, 2.05) is 49.4 Å². The van der Waals surface area contributed by atoms with Crippen LogP contribution in [0.4, 0.5) is 0 Å². The molecule has 0 amide bonds. The van der Waals surface area contributed by atoms with E-state index in [-0.39, 0.29) is 35.0 Å². The molecule has 0 spiro atoms. The van der Waals surface area contributed by atoms with Gasteiger partial charge in [-0.2, -0.15) is 0 Å². The Hall–Kier alpha value is -2.03. The van der Waals surface area contributed by atoms with Gasteiger partial charge in [-0.3, -0.25) is 9.36 Å². The van der Waals surface area contributed by atoms with E-state index < -0.39 is 50.4 Å². The van der Waals surface area contributed by atoms with Crippen molar-refractivity contribution < 1.29 is 36.4 Å². The molecule has 0 unspecified atom stereocenters. The number of Topliss-reactive ketones (excluding diaryl/α,β-unsaturated/α-hetero) is 1. The Morgan fingerprint density at radius 2 is 1.18 bits per heavy atom. The predicted octanol–water partition coefficient (Wildman–Crippen LogP) is 9.98. The molecule has 0 radical (unpaired) electrons. The van der Waals surface area contributed by atoms with Crippen molar-refractivity contribution in [1.29, 1.82) is 0 Å². The van der Waals surface area contributed by atoms with Gasteiger partial charge in [0.25, 0.3) is 8.32 Å². The van der Waals surface area contributed by atoms with Gasteiger partial charge in [0.2, 0.25) is 0 Å². The molecule has 3 aromatic carbocycles. The maximum Gasteiger partial charge on any atom is 0.337 e. The Bertz CT molecular complexity index is 1620. The standard InChI is InChI=1S/C43H69O8PSi3/c1-41(2,3)54(13,14)50-39(30-31-49-55(42(4,5)6,37-26-20-16-21-27-37)38-28-22-17-23-29-38)40(48-33-35-24-18-15-19-25-35)43(7,51-53(10,11)12)32-36(44)34-52(45,46-8)47-9/h15-29,39-40H,30-34H2,1-14H3/t39-,40-,43+/m0/s1. The highest BCUT2D eigenvalue weighted by Gasteiger charge is 2.52. The second kappa shape index (κ2) is 19.1. The average molecular weight is 829 g/mol. The maximum atomic E-state index is 14.0. The number of hydrogen-bond donors (Lipinski definition) is 0. The highest BCUT2D eigenvalue weighted by Crippen LogP contribution is 2.47. The number of ketones is 1. The summed E-state index contributed by atoms with van der Waals surface area (Å²) in [7, 11) is -8.73. The fourth-order valence-electron chi connectivity index (χ4n) is 7.12. The monoisotopic (exact) mass is 828 g/mol. The van der Waals surface area contributed by atoms with Gasteiger partial charge in [-0.05, 0) is 72.1 Å². The van der Waals surface area contributed by atoms with Gasteiger partial charge in [0.15, 0.2) is 16.6 Å². The SMILES string of the molecule is COP(=O)(CC(=O)C[C@@](C)(O[Si](C)(C)C)[C@@H](OCc1ccccc1)[C@H](CCO[Si](c1ccccc1)(c1ccccc1)C(C)(C)C)O[Si](C)(C)C(C)(C)C)OC. The van der Waals surface area contributed by atoms with E-state index in [9.17, 15) is 9.36 Å². The summed E-state index contributed by atoms with van der Waals surface area (Å²) in [6.07, 6.45) is -1.18. The number of carbonyl (C=O) groups excluding carboxylic acids is 1. The lowest BCUT2D eigenvalue weighted by molar-refractivity contribution is -0.153. The van der Waals surface area contributed by atoms with E-state index in [0.717, 1.165) is 5.56 Å². The van der Waals surface area contributed by atoms with Crippen molar-refractivity contribution in [2.24, 2.45) is 0 Å². The highest BCUT2D eigenvalue weighted by molar-refractivity contribution is 7.54. The summed E-state index contributed by atoms with van der Waals surface area (Å²) >= 11 is 0. The quantitative estimate of drug-likeness (QED) is 0.0775. The van der Waals surface area contributed by atoms with Crippen LogP contribution in [0.15, 0.2) is 91.0 Å². The van der Waals surface area contributed by atoms with Crippen LogP contribution in [-0.2, 0) is 43.0 Å². The lowest BCUT2D eigenvalue weighted by atomic mass is 9.88. The van der Waals surface area contributed by atoms with Crippen LogP contribution in [0.5, 0.6) is 0 Å². The summed E-state index contributed by atoms with van der Waals surface area (Å²) in [6, 6.07) is 31.3. The Kier molecular flexibility index (Phi) is 16.5. The van der Waals surface area contributed by atoms with Crippen LogP contribution in [0.25, 0.3) is 0 Å². The number of carbonyl (C=O) groups is 1. The van der Waals surface area contributed by atoms with Gasteiger partial charge >= 0.3 is 7.60 Å².